The summed E-state index contributed by atoms with van der Waals surface area (Å²) < 4.78 is 2.25. The van der Waals surface area contributed by atoms with Crippen molar-refractivity contribution >= 4 is 27.5 Å². The topological polar surface area (TPSA) is 8.17 Å². The minimum atomic E-state index is 0.733. The molecule has 3 rings (SSSR count). The molecular weight excluding hydrogens is 352 g/mol. The Labute approximate surface area is 173 Å². The normalized spacial score (nSPS) is 12.3. The highest BCUT2D eigenvalue weighted by molar-refractivity contribution is 6.09. The Hall–Kier alpha value is -3.52. The SMILES string of the molecule is C=C/C=C\C=C/CN(C(=C)/C=C\C=C/C)c1ccc2c(c1)c1ccccc1n2C. The van der Waals surface area contributed by atoms with E-state index in [4.69, 9.17) is 0 Å². The molecule has 0 saturated heterocycles. The second-order valence-corrected chi connectivity index (χ2v) is 6.81. The number of aryl methyl sites for hydroxylation is 1. The number of allylic oxidation sites excluding steroid dienone is 8. The third kappa shape index (κ3) is 4.49. The predicted molar refractivity (Wildman–Crippen MR) is 129 cm³/mol. The fourth-order valence-electron chi connectivity index (χ4n) is 3.47. The quantitative estimate of drug-likeness (QED) is 0.379. The number of aromatic nitrogens is 1. The van der Waals surface area contributed by atoms with Crippen molar-refractivity contribution in [3.8, 4) is 0 Å². The van der Waals surface area contributed by atoms with Gasteiger partial charge in [0, 0.05) is 46.8 Å². The molecule has 2 nitrogen and oxygen atoms in total. The Morgan fingerprint density at radius 2 is 1.76 bits per heavy atom. The maximum absolute atomic E-state index is 4.30. The molecule has 2 heteroatoms. The molecule has 2 aromatic carbocycles. The largest absolute Gasteiger partial charge is 0.344 e. The lowest BCUT2D eigenvalue weighted by Crippen LogP contribution is -2.20. The van der Waals surface area contributed by atoms with Gasteiger partial charge in [-0.05, 0) is 37.3 Å². The minimum Gasteiger partial charge on any atom is -0.344 e. The van der Waals surface area contributed by atoms with Crippen molar-refractivity contribution in [3.63, 3.8) is 0 Å². The monoisotopic (exact) mass is 380 g/mol. The van der Waals surface area contributed by atoms with Gasteiger partial charge in [-0.1, -0.05) is 80.0 Å². The van der Waals surface area contributed by atoms with E-state index in [0.717, 1.165) is 17.9 Å². The summed E-state index contributed by atoms with van der Waals surface area (Å²) in [6.07, 6.45) is 17.9. The van der Waals surface area contributed by atoms with Crippen molar-refractivity contribution < 1.29 is 0 Å². The van der Waals surface area contributed by atoms with E-state index in [1.54, 1.807) is 6.08 Å². The zero-order valence-electron chi connectivity index (χ0n) is 17.3. The molecule has 0 spiro atoms. The maximum atomic E-state index is 4.30. The van der Waals surface area contributed by atoms with Gasteiger partial charge >= 0.3 is 0 Å². The average Bonchev–Trinajstić information content (AvgIpc) is 3.03. The number of fused-ring (bicyclic) bond motifs is 3. The second-order valence-electron chi connectivity index (χ2n) is 6.81. The van der Waals surface area contributed by atoms with E-state index in [1.807, 2.05) is 49.5 Å². The molecule has 0 atom stereocenters. The van der Waals surface area contributed by atoms with Crippen LogP contribution in [-0.2, 0) is 7.05 Å². The fraction of sp³-hybridized carbons (Fsp3) is 0.111. The van der Waals surface area contributed by atoms with Crippen molar-refractivity contribution in [3.05, 3.63) is 116 Å². The summed E-state index contributed by atoms with van der Waals surface area (Å²) >= 11 is 0. The van der Waals surface area contributed by atoms with E-state index in [0.29, 0.717) is 0 Å². The molecule has 0 aliphatic carbocycles. The van der Waals surface area contributed by atoms with Crippen LogP contribution in [0.2, 0.25) is 0 Å². The summed E-state index contributed by atoms with van der Waals surface area (Å²) in [6, 6.07) is 15.2. The Bertz CT molecular complexity index is 1140. The van der Waals surface area contributed by atoms with Crippen LogP contribution >= 0.6 is 0 Å². The van der Waals surface area contributed by atoms with E-state index in [9.17, 15) is 0 Å². The molecule has 0 radical (unpaired) electrons. The average molecular weight is 381 g/mol. The van der Waals surface area contributed by atoms with E-state index >= 15 is 0 Å². The van der Waals surface area contributed by atoms with Gasteiger partial charge in [-0.15, -0.1) is 0 Å². The number of benzene rings is 2. The van der Waals surface area contributed by atoms with Crippen LogP contribution < -0.4 is 4.90 Å². The van der Waals surface area contributed by atoms with Crippen LogP contribution in [0.15, 0.2) is 116 Å². The Morgan fingerprint density at radius 3 is 2.55 bits per heavy atom. The summed E-state index contributed by atoms with van der Waals surface area (Å²) in [4.78, 5) is 2.22. The molecule has 0 amide bonds. The summed E-state index contributed by atoms with van der Waals surface area (Å²) in [5.74, 6) is 0. The first-order chi connectivity index (χ1) is 14.2. The molecule has 146 valence electrons. The van der Waals surface area contributed by atoms with E-state index in [2.05, 4.69) is 78.2 Å². The van der Waals surface area contributed by atoms with Crippen LogP contribution in [0, 0.1) is 0 Å². The van der Waals surface area contributed by atoms with Gasteiger partial charge in [0.05, 0.1) is 0 Å². The van der Waals surface area contributed by atoms with Gasteiger partial charge in [0.1, 0.15) is 0 Å². The molecule has 1 heterocycles. The zero-order valence-corrected chi connectivity index (χ0v) is 17.3. The van der Waals surface area contributed by atoms with Crippen LogP contribution in [0.5, 0.6) is 0 Å². The highest BCUT2D eigenvalue weighted by Crippen LogP contribution is 2.32. The Morgan fingerprint density at radius 1 is 0.966 bits per heavy atom. The van der Waals surface area contributed by atoms with Gasteiger partial charge in [0.2, 0.25) is 0 Å². The standard InChI is InChI=1S/C27H28N2/c1-5-7-9-10-14-20-29(22(3)15-11-8-6-2)23-18-19-27-25(21-23)24-16-12-13-17-26(24)28(27)4/h5-19,21H,1,3,20H2,2,4H3/b8-6-,9-7-,14-10-,15-11-. The molecule has 0 N–H and O–H groups in total. The van der Waals surface area contributed by atoms with E-state index < -0.39 is 0 Å². The van der Waals surface area contributed by atoms with Crippen molar-refractivity contribution in [2.45, 2.75) is 6.92 Å². The molecule has 0 bridgehead atoms. The third-order valence-corrected chi connectivity index (χ3v) is 4.93. The first-order valence-corrected chi connectivity index (χ1v) is 9.84. The number of nitrogens with zero attached hydrogens (tertiary/aromatic N) is 2. The molecule has 0 saturated carbocycles. The Kier molecular flexibility index (Phi) is 6.70. The van der Waals surface area contributed by atoms with Crippen LogP contribution in [0.25, 0.3) is 21.8 Å². The lowest BCUT2D eigenvalue weighted by atomic mass is 10.1. The predicted octanol–water partition coefficient (Wildman–Crippen LogP) is 7.08. The van der Waals surface area contributed by atoms with Gasteiger partial charge < -0.3 is 9.47 Å². The smallest absolute Gasteiger partial charge is 0.0490 e. The maximum Gasteiger partial charge on any atom is 0.0490 e. The van der Waals surface area contributed by atoms with E-state index in [-0.39, 0.29) is 0 Å². The second kappa shape index (κ2) is 9.61. The van der Waals surface area contributed by atoms with Gasteiger partial charge in [0.25, 0.3) is 0 Å². The lowest BCUT2D eigenvalue weighted by molar-refractivity contribution is 1.01. The van der Waals surface area contributed by atoms with Crippen molar-refractivity contribution in [2.24, 2.45) is 7.05 Å². The van der Waals surface area contributed by atoms with Gasteiger partial charge in [-0.3, -0.25) is 0 Å². The van der Waals surface area contributed by atoms with Gasteiger partial charge in [0.15, 0.2) is 0 Å². The van der Waals surface area contributed by atoms with Crippen LogP contribution in [0.4, 0.5) is 5.69 Å². The van der Waals surface area contributed by atoms with Crippen LogP contribution in [0.1, 0.15) is 6.92 Å². The number of anilines is 1. The third-order valence-electron chi connectivity index (χ3n) is 4.93. The number of hydrogen-bond donors (Lipinski definition) is 0. The number of rotatable bonds is 8. The zero-order chi connectivity index (χ0) is 20.6. The van der Waals surface area contributed by atoms with Gasteiger partial charge in [-0.25, -0.2) is 0 Å². The number of para-hydroxylation sites is 1. The van der Waals surface area contributed by atoms with Crippen molar-refractivity contribution in [1.82, 2.24) is 4.57 Å². The van der Waals surface area contributed by atoms with Crippen LogP contribution in [-0.4, -0.2) is 11.1 Å². The summed E-state index contributed by atoms with van der Waals surface area (Å²) in [7, 11) is 2.12. The molecule has 0 aliphatic rings. The summed E-state index contributed by atoms with van der Waals surface area (Å²) in [5.41, 5.74) is 4.54. The number of hydrogen-bond acceptors (Lipinski definition) is 1. The first-order valence-electron chi connectivity index (χ1n) is 9.84. The molecule has 3 aromatic rings. The highest BCUT2D eigenvalue weighted by Gasteiger charge is 2.12. The minimum absolute atomic E-state index is 0.733. The molecule has 0 aliphatic heterocycles. The summed E-state index contributed by atoms with van der Waals surface area (Å²) in [6.45, 7) is 10.7. The molecule has 1 aromatic heterocycles. The Balaban J connectivity index is 2.03. The fourth-order valence-corrected chi connectivity index (χ4v) is 3.47. The molecule has 29 heavy (non-hydrogen) atoms. The molecular formula is C27H28N2. The van der Waals surface area contributed by atoms with E-state index in [1.165, 1.54) is 21.8 Å². The van der Waals surface area contributed by atoms with Crippen LogP contribution in [0.3, 0.4) is 0 Å². The summed E-state index contributed by atoms with van der Waals surface area (Å²) in [5, 5.41) is 2.53. The van der Waals surface area contributed by atoms with Crippen molar-refractivity contribution in [2.75, 3.05) is 11.4 Å². The van der Waals surface area contributed by atoms with Gasteiger partial charge in [-0.2, -0.15) is 0 Å². The lowest BCUT2D eigenvalue weighted by Gasteiger charge is -2.24. The molecule has 0 fully saturated rings. The van der Waals surface area contributed by atoms with Crippen molar-refractivity contribution in [1.29, 1.82) is 0 Å². The molecule has 0 unspecified atom stereocenters. The first kappa shape index (κ1) is 20.2. The highest BCUT2D eigenvalue weighted by atomic mass is 15.1.